The number of hydrogen-bond donors (Lipinski definition) is 2. The van der Waals surface area contributed by atoms with Crippen LogP contribution in [0.3, 0.4) is 0 Å². The van der Waals surface area contributed by atoms with Crippen LogP contribution in [0.2, 0.25) is 0 Å². The van der Waals surface area contributed by atoms with Gasteiger partial charge in [0.2, 0.25) is 0 Å². The first-order valence-corrected chi connectivity index (χ1v) is 9.20. The van der Waals surface area contributed by atoms with E-state index in [1.807, 2.05) is 63.2 Å². The first kappa shape index (κ1) is 17.5. The fraction of sp³-hybridized carbons (Fsp3) is 0.273. The van der Waals surface area contributed by atoms with Crippen molar-refractivity contribution in [3.63, 3.8) is 0 Å². The number of nitrogens with one attached hydrogen (secondary N) is 1. The Balaban J connectivity index is 1.80. The summed E-state index contributed by atoms with van der Waals surface area (Å²) in [7, 11) is 0. The zero-order chi connectivity index (χ0) is 19.0. The Morgan fingerprint density at radius 1 is 1.00 bits per heavy atom. The van der Waals surface area contributed by atoms with E-state index in [0.717, 1.165) is 46.2 Å². The van der Waals surface area contributed by atoms with Crippen LogP contribution in [0.4, 0.5) is 5.82 Å². The van der Waals surface area contributed by atoms with Crippen molar-refractivity contribution in [2.75, 3.05) is 11.9 Å². The van der Waals surface area contributed by atoms with Gasteiger partial charge in [0.05, 0.1) is 5.52 Å². The molecule has 2 aromatic carbocycles. The average Bonchev–Trinajstić information content (AvgIpc) is 2.98. The van der Waals surface area contributed by atoms with Gasteiger partial charge in [0.25, 0.3) is 0 Å². The molecule has 5 heteroatoms. The van der Waals surface area contributed by atoms with Gasteiger partial charge in [0.15, 0.2) is 11.6 Å². The highest BCUT2D eigenvalue weighted by atomic mass is 16.3. The molecule has 0 amide bonds. The molecule has 2 aromatic heterocycles. The molecule has 0 radical (unpaired) electrons. The van der Waals surface area contributed by atoms with Crippen LogP contribution in [0, 0.1) is 6.92 Å². The third kappa shape index (κ3) is 3.51. The summed E-state index contributed by atoms with van der Waals surface area (Å²) in [5.41, 5.74) is 8.67. The highest BCUT2D eigenvalue weighted by molar-refractivity contribution is 5.92. The van der Waals surface area contributed by atoms with E-state index in [1.54, 1.807) is 0 Å². The van der Waals surface area contributed by atoms with Crippen molar-refractivity contribution in [1.29, 1.82) is 0 Å². The van der Waals surface area contributed by atoms with Gasteiger partial charge in [-0.3, -0.25) is 0 Å². The van der Waals surface area contributed by atoms with Gasteiger partial charge in [-0.2, -0.15) is 0 Å². The zero-order valence-corrected chi connectivity index (χ0v) is 15.9. The van der Waals surface area contributed by atoms with E-state index in [1.165, 1.54) is 0 Å². The van der Waals surface area contributed by atoms with Gasteiger partial charge in [-0.05, 0) is 45.4 Å². The smallest absolute Gasteiger partial charge is 0.198 e. The molecule has 0 fully saturated rings. The normalized spacial score (nSPS) is 12.0. The number of furan rings is 1. The van der Waals surface area contributed by atoms with Crippen LogP contribution in [0.15, 0.2) is 52.9 Å². The van der Waals surface area contributed by atoms with Crippen molar-refractivity contribution in [2.24, 2.45) is 5.73 Å². The van der Waals surface area contributed by atoms with Crippen molar-refractivity contribution in [3.8, 4) is 11.6 Å². The van der Waals surface area contributed by atoms with Gasteiger partial charge in [0, 0.05) is 28.4 Å². The maximum atomic E-state index is 6.11. The van der Waals surface area contributed by atoms with E-state index >= 15 is 0 Å². The number of fused-ring (bicyclic) bond motifs is 2. The largest absolute Gasteiger partial charge is 0.452 e. The van der Waals surface area contributed by atoms with E-state index in [4.69, 9.17) is 20.1 Å². The van der Waals surface area contributed by atoms with Crippen LogP contribution in [0.5, 0.6) is 0 Å². The minimum atomic E-state index is -0.228. The topological polar surface area (TPSA) is 77.0 Å². The molecule has 27 heavy (non-hydrogen) atoms. The van der Waals surface area contributed by atoms with Crippen LogP contribution in [-0.4, -0.2) is 22.1 Å². The van der Waals surface area contributed by atoms with Crippen molar-refractivity contribution in [1.82, 2.24) is 9.97 Å². The molecule has 0 aliphatic carbocycles. The molecule has 4 aromatic rings. The molecule has 4 rings (SSSR count). The number of para-hydroxylation sites is 2. The molecular weight excluding hydrogens is 336 g/mol. The Morgan fingerprint density at radius 2 is 1.70 bits per heavy atom. The molecule has 0 aliphatic heterocycles. The molecule has 0 atom stereocenters. The Morgan fingerprint density at radius 3 is 2.44 bits per heavy atom. The Labute approximate surface area is 158 Å². The lowest BCUT2D eigenvalue weighted by atomic mass is 10.0. The van der Waals surface area contributed by atoms with Gasteiger partial charge in [0.1, 0.15) is 11.4 Å². The van der Waals surface area contributed by atoms with E-state index in [9.17, 15) is 0 Å². The summed E-state index contributed by atoms with van der Waals surface area (Å²) in [5.74, 6) is 2.11. The summed E-state index contributed by atoms with van der Waals surface area (Å²) in [4.78, 5) is 9.54. The van der Waals surface area contributed by atoms with Crippen molar-refractivity contribution in [3.05, 3.63) is 54.1 Å². The fourth-order valence-electron chi connectivity index (χ4n) is 3.20. The lowest BCUT2D eigenvalue weighted by molar-refractivity contribution is 0.490. The molecule has 0 unspecified atom stereocenters. The second-order valence-electron chi connectivity index (χ2n) is 7.63. The van der Waals surface area contributed by atoms with Crippen molar-refractivity contribution in [2.45, 2.75) is 32.7 Å². The quantitative estimate of drug-likeness (QED) is 0.530. The van der Waals surface area contributed by atoms with E-state index in [0.29, 0.717) is 11.6 Å². The molecule has 138 valence electrons. The van der Waals surface area contributed by atoms with Crippen LogP contribution < -0.4 is 11.1 Å². The van der Waals surface area contributed by atoms with Gasteiger partial charge < -0.3 is 15.5 Å². The predicted molar refractivity (Wildman–Crippen MR) is 111 cm³/mol. The van der Waals surface area contributed by atoms with Crippen LogP contribution in [-0.2, 0) is 0 Å². The molecule has 3 N–H and O–H groups in total. The third-order valence-corrected chi connectivity index (χ3v) is 4.71. The monoisotopic (exact) mass is 360 g/mol. The van der Waals surface area contributed by atoms with Gasteiger partial charge in [-0.1, -0.05) is 30.3 Å². The second kappa shape index (κ2) is 6.67. The molecular formula is C22H24N4O. The van der Waals surface area contributed by atoms with Crippen LogP contribution in [0.1, 0.15) is 25.8 Å². The number of aryl methyl sites for hydroxylation is 1. The molecule has 0 saturated carbocycles. The van der Waals surface area contributed by atoms with E-state index < -0.39 is 0 Å². The summed E-state index contributed by atoms with van der Waals surface area (Å²) in [6.07, 6.45) is 0.838. The first-order chi connectivity index (χ1) is 12.9. The average molecular weight is 360 g/mol. The van der Waals surface area contributed by atoms with Gasteiger partial charge >= 0.3 is 0 Å². The second-order valence-corrected chi connectivity index (χ2v) is 7.63. The molecule has 0 aliphatic rings. The fourth-order valence-corrected chi connectivity index (χ4v) is 3.20. The summed E-state index contributed by atoms with van der Waals surface area (Å²) < 4.78 is 6.07. The third-order valence-electron chi connectivity index (χ3n) is 4.71. The van der Waals surface area contributed by atoms with Crippen LogP contribution >= 0.6 is 0 Å². The standard InChI is InChI=1S/C22H24N4O/c1-14-15-8-5-7-11-18(15)27-19(14)21-25-17-10-6-4-9-16(17)20(26-21)24-13-12-22(2,3)23/h4-11H,12-13,23H2,1-3H3,(H,24,25,26). The highest BCUT2D eigenvalue weighted by Crippen LogP contribution is 2.33. The molecule has 0 bridgehead atoms. The number of benzene rings is 2. The minimum Gasteiger partial charge on any atom is -0.452 e. The number of nitrogens with zero attached hydrogens (tertiary/aromatic N) is 2. The summed E-state index contributed by atoms with van der Waals surface area (Å²) in [6.45, 7) is 6.83. The first-order valence-electron chi connectivity index (χ1n) is 9.20. The maximum Gasteiger partial charge on any atom is 0.198 e. The highest BCUT2D eigenvalue weighted by Gasteiger charge is 2.17. The summed E-state index contributed by atoms with van der Waals surface area (Å²) in [5, 5.41) is 5.51. The number of rotatable bonds is 5. The van der Waals surface area contributed by atoms with Crippen LogP contribution in [0.25, 0.3) is 33.5 Å². The number of aromatic nitrogens is 2. The lowest BCUT2D eigenvalue weighted by Gasteiger charge is -2.19. The van der Waals surface area contributed by atoms with Gasteiger partial charge in [-0.25, -0.2) is 9.97 Å². The van der Waals surface area contributed by atoms with Crippen molar-refractivity contribution >= 4 is 27.7 Å². The molecule has 5 nitrogen and oxygen atoms in total. The molecule has 0 saturated heterocycles. The minimum absolute atomic E-state index is 0.228. The maximum absolute atomic E-state index is 6.11. The van der Waals surface area contributed by atoms with E-state index in [2.05, 4.69) is 11.4 Å². The van der Waals surface area contributed by atoms with E-state index in [-0.39, 0.29) is 5.54 Å². The SMILES string of the molecule is Cc1c(-c2nc(NCCC(C)(C)N)c3ccccc3n2)oc2ccccc12. The van der Waals surface area contributed by atoms with Gasteiger partial charge in [-0.15, -0.1) is 0 Å². The molecule has 2 heterocycles. The lowest BCUT2D eigenvalue weighted by Crippen LogP contribution is -2.34. The predicted octanol–water partition coefficient (Wildman–Crippen LogP) is 4.89. The Hall–Kier alpha value is -2.92. The number of anilines is 1. The molecule has 0 spiro atoms. The Kier molecular flexibility index (Phi) is 4.32. The zero-order valence-electron chi connectivity index (χ0n) is 15.9. The number of nitrogens with two attached hydrogens (primary N) is 1. The summed E-state index contributed by atoms with van der Waals surface area (Å²) in [6, 6.07) is 16.0. The van der Waals surface area contributed by atoms with Crippen molar-refractivity contribution < 1.29 is 4.42 Å². The number of hydrogen-bond acceptors (Lipinski definition) is 5. The summed E-state index contributed by atoms with van der Waals surface area (Å²) >= 11 is 0. The Bertz CT molecular complexity index is 1110.